The lowest BCUT2D eigenvalue weighted by molar-refractivity contribution is -0.114. The van der Waals surface area contributed by atoms with Crippen LogP contribution in [0, 0.1) is 6.92 Å². The van der Waals surface area contributed by atoms with Crippen LogP contribution in [0.2, 0.25) is 10.0 Å². The zero-order valence-electron chi connectivity index (χ0n) is 29.4. The highest BCUT2D eigenvalue weighted by atomic mass is 35.5. The van der Waals surface area contributed by atoms with Gasteiger partial charge in [-0.2, -0.15) is 4.98 Å². The Morgan fingerprint density at radius 2 is 1.71 bits per heavy atom. The number of hydrogen-bond acceptors (Lipinski definition) is 9. The molecule has 0 fully saturated rings. The Balaban J connectivity index is 1.63. The lowest BCUT2D eigenvalue weighted by Gasteiger charge is -2.18. The van der Waals surface area contributed by atoms with Crippen molar-refractivity contribution in [3.63, 3.8) is 0 Å². The molecule has 5 aromatic rings. The molecular formula is C39H38Cl2N6O5. The predicted molar refractivity (Wildman–Crippen MR) is 208 cm³/mol. The Labute approximate surface area is 311 Å². The summed E-state index contributed by atoms with van der Waals surface area (Å²) < 4.78 is 12.5. The van der Waals surface area contributed by atoms with E-state index in [1.807, 2.05) is 50.2 Å². The third-order valence-electron chi connectivity index (χ3n) is 8.15. The summed E-state index contributed by atoms with van der Waals surface area (Å²) >= 11 is 13.6. The second-order valence-electron chi connectivity index (χ2n) is 12.1. The van der Waals surface area contributed by atoms with Gasteiger partial charge in [-0.1, -0.05) is 66.2 Å². The van der Waals surface area contributed by atoms with Crippen LogP contribution in [-0.2, 0) is 22.6 Å². The molecule has 0 atom stereocenters. The number of para-hydroxylation sites is 1. The maximum atomic E-state index is 14.5. The fourth-order valence-electron chi connectivity index (χ4n) is 5.54. The van der Waals surface area contributed by atoms with Crippen molar-refractivity contribution in [2.24, 2.45) is 0 Å². The molecule has 268 valence electrons. The molecule has 0 radical (unpaired) electrons. The molecule has 11 nitrogen and oxygen atoms in total. The van der Waals surface area contributed by atoms with Crippen LogP contribution < -0.4 is 25.7 Å². The predicted octanol–water partition coefficient (Wildman–Crippen LogP) is 7.24. The molecule has 2 N–H and O–H groups in total. The molecule has 13 heteroatoms. The van der Waals surface area contributed by atoms with E-state index in [-0.39, 0.29) is 63.3 Å². The SMILES string of the molecule is C=CC(=O)Nc1ccc(Cn2c(=O)c(-c3c(Cl)c(OC)cc(OC)c3Cl)cc3cnc(Nc4c(C)cccc4CC(=O)/C=C/CN(C)C)nc32)cc1. The quantitative estimate of drug-likeness (QED) is 0.113. The van der Waals surface area contributed by atoms with Crippen LogP contribution in [0.15, 0.2) is 90.4 Å². The topological polar surface area (TPSA) is 128 Å². The maximum Gasteiger partial charge on any atom is 0.260 e. The van der Waals surface area contributed by atoms with E-state index < -0.39 is 5.56 Å². The van der Waals surface area contributed by atoms with Crippen LogP contribution in [-0.4, -0.2) is 66.0 Å². The number of rotatable bonds is 14. The number of hydrogen-bond donors (Lipinski definition) is 2. The molecule has 2 heterocycles. The molecule has 0 saturated carbocycles. The number of allylic oxidation sites excluding steroid dienone is 1. The molecule has 0 aliphatic rings. The number of carbonyl (C=O) groups is 2. The number of ether oxygens (including phenoxy) is 2. The van der Waals surface area contributed by atoms with Gasteiger partial charge in [-0.3, -0.25) is 19.0 Å². The fraction of sp³-hybridized carbons (Fsp3) is 0.205. The van der Waals surface area contributed by atoms with Crippen molar-refractivity contribution in [2.75, 3.05) is 45.5 Å². The Hall–Kier alpha value is -5.49. The summed E-state index contributed by atoms with van der Waals surface area (Å²) in [5, 5.41) is 6.82. The van der Waals surface area contributed by atoms with Crippen LogP contribution >= 0.6 is 23.2 Å². The number of amides is 1. The summed E-state index contributed by atoms with van der Waals surface area (Å²) in [4.78, 5) is 50.6. The summed E-state index contributed by atoms with van der Waals surface area (Å²) in [5.41, 5.74) is 3.97. The molecule has 0 aliphatic carbocycles. The number of aromatic nitrogens is 3. The number of fused-ring (bicyclic) bond motifs is 1. The van der Waals surface area contributed by atoms with Gasteiger partial charge in [0.15, 0.2) is 5.78 Å². The van der Waals surface area contributed by atoms with Gasteiger partial charge in [-0.15, -0.1) is 0 Å². The lowest BCUT2D eigenvalue weighted by Crippen LogP contribution is -2.24. The number of pyridine rings is 1. The smallest absolute Gasteiger partial charge is 0.260 e. The minimum absolute atomic E-state index is 0.0436. The van der Waals surface area contributed by atoms with Gasteiger partial charge in [0.25, 0.3) is 5.56 Å². The van der Waals surface area contributed by atoms with Gasteiger partial charge in [-0.05, 0) is 68.1 Å². The zero-order valence-corrected chi connectivity index (χ0v) is 30.9. The van der Waals surface area contributed by atoms with Crippen molar-refractivity contribution in [2.45, 2.75) is 19.9 Å². The number of benzene rings is 3. The molecule has 0 aliphatic heterocycles. The Bertz CT molecular complexity index is 2220. The number of ketones is 1. The maximum absolute atomic E-state index is 14.5. The first-order chi connectivity index (χ1) is 24.9. The fourth-order valence-corrected chi connectivity index (χ4v) is 6.25. The Morgan fingerprint density at radius 3 is 2.35 bits per heavy atom. The van der Waals surface area contributed by atoms with E-state index in [9.17, 15) is 14.4 Å². The highest BCUT2D eigenvalue weighted by Crippen LogP contribution is 2.45. The second kappa shape index (κ2) is 16.7. The summed E-state index contributed by atoms with van der Waals surface area (Å²) in [7, 11) is 6.78. The monoisotopic (exact) mass is 740 g/mol. The minimum atomic E-state index is -0.438. The molecule has 52 heavy (non-hydrogen) atoms. The molecule has 2 aromatic heterocycles. The molecule has 0 spiro atoms. The van der Waals surface area contributed by atoms with E-state index in [1.165, 1.54) is 24.9 Å². The standard InChI is InChI=1S/C39H38Cl2N6O5/c1-7-32(49)43-27-15-13-24(14-16-27)22-47-37-26(19-29(38(47)50)33-34(40)30(51-5)20-31(52-6)35(33)41)21-42-39(45-37)44-36-23(2)10-8-11-25(36)18-28(48)12-9-17-46(3)4/h7-16,19-21H,1,17-18,22H2,2-6H3,(H,43,49)(H,42,44,45)/b12-9+. The van der Waals surface area contributed by atoms with Crippen molar-refractivity contribution < 1.29 is 19.1 Å². The van der Waals surface area contributed by atoms with Crippen molar-refractivity contribution >= 4 is 63.2 Å². The third-order valence-corrected chi connectivity index (χ3v) is 8.90. The van der Waals surface area contributed by atoms with Crippen molar-refractivity contribution in [3.05, 3.63) is 123 Å². The van der Waals surface area contributed by atoms with Gasteiger partial charge in [0.2, 0.25) is 11.9 Å². The van der Waals surface area contributed by atoms with E-state index in [1.54, 1.807) is 48.7 Å². The van der Waals surface area contributed by atoms with Gasteiger partial charge >= 0.3 is 0 Å². The van der Waals surface area contributed by atoms with Crippen LogP contribution in [0.4, 0.5) is 17.3 Å². The van der Waals surface area contributed by atoms with Crippen molar-refractivity contribution in [1.82, 2.24) is 19.4 Å². The number of nitrogens with one attached hydrogen (secondary N) is 2. The van der Waals surface area contributed by atoms with Gasteiger partial charge in [-0.25, -0.2) is 4.98 Å². The normalized spacial score (nSPS) is 11.2. The highest BCUT2D eigenvalue weighted by Gasteiger charge is 2.24. The average molecular weight is 742 g/mol. The summed E-state index contributed by atoms with van der Waals surface area (Å²) in [5.74, 6) is 0.387. The molecular weight excluding hydrogens is 703 g/mol. The number of anilines is 3. The Morgan fingerprint density at radius 1 is 1.02 bits per heavy atom. The summed E-state index contributed by atoms with van der Waals surface area (Å²) in [6.45, 7) is 6.16. The number of halogens is 2. The summed E-state index contributed by atoms with van der Waals surface area (Å²) in [6, 6.07) is 15.9. The first-order valence-corrected chi connectivity index (χ1v) is 16.9. The van der Waals surface area contributed by atoms with E-state index in [2.05, 4.69) is 22.2 Å². The first kappa shape index (κ1) is 37.8. The number of likely N-dealkylation sites (N-methyl/N-ethyl adjacent to an activating group) is 1. The van der Waals surface area contributed by atoms with E-state index in [0.29, 0.717) is 29.0 Å². The largest absolute Gasteiger partial charge is 0.495 e. The molecule has 0 unspecified atom stereocenters. The molecule has 0 bridgehead atoms. The molecule has 5 rings (SSSR count). The van der Waals surface area contributed by atoms with Crippen molar-refractivity contribution in [3.8, 4) is 22.6 Å². The average Bonchev–Trinajstić information content (AvgIpc) is 3.12. The number of aryl methyl sites for hydroxylation is 1. The number of carbonyl (C=O) groups excluding carboxylic acids is 2. The van der Waals surface area contributed by atoms with Crippen LogP contribution in [0.5, 0.6) is 11.5 Å². The van der Waals surface area contributed by atoms with Gasteiger partial charge in [0, 0.05) is 47.6 Å². The van der Waals surface area contributed by atoms with E-state index >= 15 is 0 Å². The second-order valence-corrected chi connectivity index (χ2v) is 12.9. The van der Waals surface area contributed by atoms with Gasteiger partial charge in [0.1, 0.15) is 17.1 Å². The van der Waals surface area contributed by atoms with Crippen molar-refractivity contribution in [1.29, 1.82) is 0 Å². The highest BCUT2D eigenvalue weighted by molar-refractivity contribution is 6.41. The van der Waals surface area contributed by atoms with E-state index in [4.69, 9.17) is 37.7 Å². The zero-order chi connectivity index (χ0) is 37.5. The molecule has 3 aromatic carbocycles. The number of nitrogens with zero attached hydrogens (tertiary/aromatic N) is 4. The summed E-state index contributed by atoms with van der Waals surface area (Å²) in [6.07, 6.45) is 6.37. The van der Waals surface area contributed by atoms with Crippen LogP contribution in [0.3, 0.4) is 0 Å². The van der Waals surface area contributed by atoms with E-state index in [0.717, 1.165) is 16.7 Å². The number of methoxy groups -OCH3 is 2. The third kappa shape index (κ3) is 8.51. The van der Waals surface area contributed by atoms with Crippen LogP contribution in [0.25, 0.3) is 22.2 Å². The van der Waals surface area contributed by atoms with Gasteiger partial charge < -0.3 is 25.0 Å². The minimum Gasteiger partial charge on any atom is -0.495 e. The van der Waals surface area contributed by atoms with Crippen LogP contribution in [0.1, 0.15) is 16.7 Å². The first-order valence-electron chi connectivity index (χ1n) is 16.2. The lowest BCUT2D eigenvalue weighted by atomic mass is 10.0. The molecule has 0 saturated heterocycles. The van der Waals surface area contributed by atoms with Gasteiger partial charge in [0.05, 0.1) is 36.4 Å². The molecule has 1 amide bonds. The Kier molecular flexibility index (Phi) is 12.1.